The highest BCUT2D eigenvalue weighted by molar-refractivity contribution is 14.1. The Morgan fingerprint density at radius 1 is 0.645 bits per heavy atom. The lowest BCUT2D eigenvalue weighted by Gasteiger charge is -2.38. The maximum Gasteiger partial charge on any atom is 0.190 e. The molecular weight excluding hydrogens is 923 g/mol. The van der Waals surface area contributed by atoms with Crippen LogP contribution in [0.15, 0.2) is 120 Å². The Labute approximate surface area is 383 Å². The molecule has 11 nitrogen and oxygen atoms in total. The van der Waals surface area contributed by atoms with Gasteiger partial charge < -0.3 is 52.1 Å². The van der Waals surface area contributed by atoms with E-state index in [0.29, 0.717) is 19.8 Å². The van der Waals surface area contributed by atoms with Crippen molar-refractivity contribution in [2.45, 2.75) is 149 Å². The molecule has 0 bridgehead atoms. The van der Waals surface area contributed by atoms with E-state index in [0.717, 1.165) is 21.6 Å². The van der Waals surface area contributed by atoms with Crippen LogP contribution >= 0.6 is 34.4 Å². The minimum absolute atomic E-state index is 0.0971. The molecule has 12 atom stereocenters. The molecule has 0 aromatic heterocycles. The van der Waals surface area contributed by atoms with Gasteiger partial charge in [-0.2, -0.15) is 0 Å². The molecule has 2 unspecified atom stereocenters. The van der Waals surface area contributed by atoms with Crippen LogP contribution in [0.2, 0.25) is 0 Å². The summed E-state index contributed by atoms with van der Waals surface area (Å²) in [4.78, 5) is 1.04. The third-order valence-electron chi connectivity index (χ3n) is 11.2. The van der Waals surface area contributed by atoms with E-state index >= 15 is 0 Å². The van der Waals surface area contributed by atoms with Crippen molar-refractivity contribution in [1.29, 1.82) is 0 Å². The zero-order valence-electron chi connectivity index (χ0n) is 36.2. The first-order valence-corrected chi connectivity index (χ1v) is 23.6. The standard InChI is InChI=1S/C49H59IO11S/c1-31-22-24-36(25-23-31)62-47-44(56-45(32(2)50)54-30-38-40-42(59-48(3,4)58-40)43-46(55-38)61-49(5,6)60-43)41(53-28-35-20-14-9-15-21-35)39(57-47)37(52-27-34-18-12-8-13-19-34)29-51-26-33-16-10-7-11-17-33/h7-25,32,37-47H,26-30H2,1-6H3/t32?,37-,38-,39-,40+,41+,42+,43-,44-,45?,46-,47+/m1/s1. The average molecular weight is 983 g/mol. The minimum Gasteiger partial charge on any atom is -0.374 e. The van der Waals surface area contributed by atoms with E-state index in [4.69, 9.17) is 52.1 Å². The van der Waals surface area contributed by atoms with Crippen LogP contribution < -0.4 is 0 Å². The summed E-state index contributed by atoms with van der Waals surface area (Å²) in [5.74, 6) is -1.67. The molecule has 0 aliphatic carbocycles. The molecule has 4 fully saturated rings. The molecule has 13 heteroatoms. The van der Waals surface area contributed by atoms with Gasteiger partial charge in [-0.05, 0) is 70.4 Å². The molecule has 8 rings (SSSR count). The minimum atomic E-state index is -0.835. The topological polar surface area (TPSA) is 102 Å². The Morgan fingerprint density at radius 2 is 1.23 bits per heavy atom. The molecule has 4 aliphatic rings. The summed E-state index contributed by atoms with van der Waals surface area (Å²) >= 11 is 3.96. The first-order chi connectivity index (χ1) is 29.9. The van der Waals surface area contributed by atoms with Gasteiger partial charge >= 0.3 is 0 Å². The Balaban J connectivity index is 1.08. The highest BCUT2D eigenvalue weighted by Crippen LogP contribution is 2.45. The van der Waals surface area contributed by atoms with Crippen LogP contribution in [-0.2, 0) is 71.9 Å². The highest BCUT2D eigenvalue weighted by Gasteiger charge is 2.61. The van der Waals surface area contributed by atoms with Crippen LogP contribution in [0.3, 0.4) is 0 Å². The Kier molecular flexibility index (Phi) is 15.4. The summed E-state index contributed by atoms with van der Waals surface area (Å²) in [5.41, 5.74) is 3.81. The fourth-order valence-corrected chi connectivity index (χ4v) is 9.70. The molecular formula is C49H59IO11S. The third kappa shape index (κ3) is 11.9. The summed E-state index contributed by atoms with van der Waals surface area (Å²) in [6.07, 6.45) is -5.43. The van der Waals surface area contributed by atoms with Crippen molar-refractivity contribution in [3.63, 3.8) is 0 Å². The highest BCUT2D eigenvalue weighted by atomic mass is 127. The first-order valence-electron chi connectivity index (χ1n) is 21.5. The Morgan fingerprint density at radius 3 is 1.87 bits per heavy atom. The zero-order valence-corrected chi connectivity index (χ0v) is 39.2. The lowest BCUT2D eigenvalue weighted by atomic mass is 9.99. The van der Waals surface area contributed by atoms with Crippen molar-refractivity contribution in [2.24, 2.45) is 0 Å². The summed E-state index contributed by atoms with van der Waals surface area (Å²) in [6.45, 7) is 13.3. The number of alkyl halides is 1. The van der Waals surface area contributed by atoms with Crippen molar-refractivity contribution < 1.29 is 52.1 Å². The molecule has 0 amide bonds. The van der Waals surface area contributed by atoms with Crippen LogP contribution in [0.25, 0.3) is 0 Å². The number of hydrogen-bond acceptors (Lipinski definition) is 12. The van der Waals surface area contributed by atoms with Gasteiger partial charge in [-0.15, -0.1) is 0 Å². The Hall–Kier alpha value is -2.48. The maximum atomic E-state index is 7.18. The van der Waals surface area contributed by atoms with Gasteiger partial charge in [0.1, 0.15) is 54.3 Å². The molecule has 4 saturated heterocycles. The number of aryl methyl sites for hydroxylation is 1. The number of rotatable bonds is 19. The smallest absolute Gasteiger partial charge is 0.190 e. The molecule has 0 saturated carbocycles. The molecule has 4 aromatic rings. The molecule has 0 radical (unpaired) electrons. The van der Waals surface area contributed by atoms with Crippen molar-refractivity contribution in [3.8, 4) is 0 Å². The van der Waals surface area contributed by atoms with Gasteiger partial charge in [0.05, 0.1) is 37.0 Å². The number of benzene rings is 4. The number of thioether (sulfide) groups is 1. The van der Waals surface area contributed by atoms with Crippen LogP contribution in [0.4, 0.5) is 0 Å². The number of halogens is 1. The van der Waals surface area contributed by atoms with Gasteiger partial charge in [0, 0.05) is 4.90 Å². The number of ether oxygens (including phenoxy) is 11. The second kappa shape index (κ2) is 20.8. The second-order valence-electron chi connectivity index (χ2n) is 17.2. The van der Waals surface area contributed by atoms with Crippen molar-refractivity contribution in [3.05, 3.63) is 138 Å². The van der Waals surface area contributed by atoms with E-state index in [2.05, 4.69) is 97.1 Å². The molecule has 4 heterocycles. The van der Waals surface area contributed by atoms with Gasteiger partial charge in [0.2, 0.25) is 0 Å². The van der Waals surface area contributed by atoms with Crippen LogP contribution in [-0.4, -0.2) is 95.6 Å². The molecule has 4 aliphatic heterocycles. The van der Waals surface area contributed by atoms with E-state index < -0.39 is 78.4 Å². The van der Waals surface area contributed by atoms with Crippen molar-refractivity contribution in [1.82, 2.24) is 0 Å². The largest absolute Gasteiger partial charge is 0.374 e. The summed E-state index contributed by atoms with van der Waals surface area (Å²) < 4.78 is 73.0. The van der Waals surface area contributed by atoms with E-state index in [-0.39, 0.29) is 17.1 Å². The number of hydrogen-bond donors (Lipinski definition) is 0. The molecule has 62 heavy (non-hydrogen) atoms. The van der Waals surface area contributed by atoms with Crippen LogP contribution in [0.5, 0.6) is 0 Å². The lowest BCUT2D eigenvalue weighted by Crippen LogP contribution is -2.56. The predicted molar refractivity (Wildman–Crippen MR) is 242 cm³/mol. The number of fused-ring (bicyclic) bond motifs is 3. The molecule has 0 N–H and O–H groups in total. The van der Waals surface area contributed by atoms with Gasteiger partial charge in [-0.1, -0.05) is 143 Å². The summed E-state index contributed by atoms with van der Waals surface area (Å²) in [6, 6.07) is 38.9. The van der Waals surface area contributed by atoms with E-state index in [1.807, 2.05) is 82.3 Å². The fourth-order valence-electron chi connectivity index (χ4n) is 8.23. The lowest BCUT2D eigenvalue weighted by molar-refractivity contribution is -0.261. The van der Waals surface area contributed by atoms with Crippen molar-refractivity contribution >= 4 is 34.4 Å². The fraction of sp³-hybridized carbons (Fsp3) is 0.510. The Bertz CT molecular complexity index is 1970. The summed E-state index contributed by atoms with van der Waals surface area (Å²) in [5, 5.41) is 0. The second-order valence-corrected chi connectivity index (χ2v) is 20.3. The maximum absolute atomic E-state index is 7.18. The molecule has 4 aromatic carbocycles. The van der Waals surface area contributed by atoms with Gasteiger partial charge in [0.15, 0.2) is 24.2 Å². The molecule has 0 spiro atoms. The molecule has 334 valence electrons. The van der Waals surface area contributed by atoms with Gasteiger partial charge in [0.25, 0.3) is 0 Å². The van der Waals surface area contributed by atoms with Crippen LogP contribution in [0, 0.1) is 6.92 Å². The third-order valence-corrected chi connectivity index (χ3v) is 12.9. The van der Waals surface area contributed by atoms with E-state index in [1.54, 1.807) is 11.8 Å². The van der Waals surface area contributed by atoms with E-state index in [1.165, 1.54) is 5.56 Å². The normalized spacial score (nSPS) is 30.1. The van der Waals surface area contributed by atoms with Gasteiger partial charge in [-0.3, -0.25) is 0 Å². The summed E-state index contributed by atoms with van der Waals surface area (Å²) in [7, 11) is 0. The average Bonchev–Trinajstić information content (AvgIpc) is 3.89. The zero-order chi connectivity index (χ0) is 43.3. The quantitative estimate of drug-likeness (QED) is 0.0509. The SMILES string of the molecule is Cc1ccc(S[C@@H]2O[C@H]([C@@H](COCc3ccccc3)OCc3ccccc3)[C@H](OCc3ccccc3)[C@H]2OC(OC[C@H]2O[C@@H]3OC(C)(C)O[C@@H]3[C@H]3OC(C)(C)O[C@H]32)C(C)I)cc1. The van der Waals surface area contributed by atoms with Gasteiger partial charge in [-0.25, -0.2) is 0 Å². The first kappa shape index (κ1) is 46.1. The monoisotopic (exact) mass is 982 g/mol. The predicted octanol–water partition coefficient (Wildman–Crippen LogP) is 9.15. The van der Waals surface area contributed by atoms with Crippen molar-refractivity contribution in [2.75, 3.05) is 13.2 Å². The van der Waals surface area contributed by atoms with E-state index in [9.17, 15) is 0 Å². The van der Waals surface area contributed by atoms with Crippen LogP contribution in [0.1, 0.15) is 56.9 Å².